The van der Waals surface area contributed by atoms with Crippen LogP contribution < -0.4 is 11.1 Å². The predicted octanol–water partition coefficient (Wildman–Crippen LogP) is 2.55. The van der Waals surface area contributed by atoms with Gasteiger partial charge in [-0.15, -0.1) is 0 Å². The van der Waals surface area contributed by atoms with Crippen LogP contribution in [0.3, 0.4) is 0 Å². The summed E-state index contributed by atoms with van der Waals surface area (Å²) >= 11 is 0. The van der Waals surface area contributed by atoms with Gasteiger partial charge in [0.05, 0.1) is 23.4 Å². The first-order valence-electron chi connectivity index (χ1n) is 6.29. The highest BCUT2D eigenvalue weighted by molar-refractivity contribution is 5.96. The maximum Gasteiger partial charge on any atom is 0.241 e. The molecule has 0 spiro atoms. The van der Waals surface area contributed by atoms with Crippen LogP contribution in [-0.4, -0.2) is 16.9 Å². The number of carbonyl (C=O) groups is 1. The van der Waals surface area contributed by atoms with Crippen LogP contribution in [-0.2, 0) is 4.79 Å². The second-order valence-electron chi connectivity index (χ2n) is 5.75. The summed E-state index contributed by atoms with van der Waals surface area (Å²) in [5.74, 6) is -0.190. The van der Waals surface area contributed by atoms with Gasteiger partial charge >= 0.3 is 0 Å². The van der Waals surface area contributed by atoms with Crippen molar-refractivity contribution < 1.29 is 4.79 Å². The minimum absolute atomic E-state index is 0.190. The largest absolute Gasteiger partial charge is 0.323 e. The van der Waals surface area contributed by atoms with Crippen LogP contribution in [0.4, 0.5) is 5.69 Å². The third kappa shape index (κ3) is 3.09. The summed E-state index contributed by atoms with van der Waals surface area (Å²) in [5, 5.41) is 3.80. The van der Waals surface area contributed by atoms with E-state index in [-0.39, 0.29) is 11.3 Å². The predicted molar refractivity (Wildman–Crippen MR) is 77.8 cm³/mol. The molecule has 2 rings (SSSR count). The van der Waals surface area contributed by atoms with Crippen molar-refractivity contribution in [3.63, 3.8) is 0 Å². The fraction of sp³-hybridized carbons (Fsp3) is 0.333. The van der Waals surface area contributed by atoms with E-state index in [1.165, 1.54) is 0 Å². The Hall–Kier alpha value is -1.94. The lowest BCUT2D eigenvalue weighted by atomic mass is 9.87. The van der Waals surface area contributed by atoms with Crippen LogP contribution in [0.5, 0.6) is 0 Å². The lowest BCUT2D eigenvalue weighted by molar-refractivity contribution is -0.119. The third-order valence-electron chi connectivity index (χ3n) is 3.07. The van der Waals surface area contributed by atoms with Gasteiger partial charge in [-0.05, 0) is 17.5 Å². The monoisotopic (exact) mass is 257 g/mol. The highest BCUT2D eigenvalue weighted by Crippen LogP contribution is 2.20. The number of hydrogen-bond donors (Lipinski definition) is 2. The molecule has 1 amide bonds. The van der Waals surface area contributed by atoms with E-state index < -0.39 is 6.04 Å². The molecule has 4 nitrogen and oxygen atoms in total. The highest BCUT2D eigenvalue weighted by Gasteiger charge is 2.27. The van der Waals surface area contributed by atoms with E-state index in [0.29, 0.717) is 5.69 Å². The summed E-state index contributed by atoms with van der Waals surface area (Å²) in [7, 11) is 0. The molecule has 1 aromatic carbocycles. The molecule has 0 aliphatic carbocycles. The summed E-state index contributed by atoms with van der Waals surface area (Å²) in [5.41, 5.74) is 7.23. The molecule has 0 saturated heterocycles. The molecule has 0 bridgehead atoms. The number of carbonyl (C=O) groups excluding carboxylic acids is 1. The molecule has 0 aliphatic heterocycles. The van der Waals surface area contributed by atoms with Crippen molar-refractivity contribution in [3.8, 4) is 0 Å². The first-order chi connectivity index (χ1) is 8.88. The van der Waals surface area contributed by atoms with Gasteiger partial charge in [-0.1, -0.05) is 39.0 Å². The molecule has 19 heavy (non-hydrogen) atoms. The Kier molecular flexibility index (Phi) is 3.53. The average molecular weight is 257 g/mol. The van der Waals surface area contributed by atoms with Gasteiger partial charge in [0, 0.05) is 5.39 Å². The molecule has 2 aromatic rings. The van der Waals surface area contributed by atoms with Gasteiger partial charge in [0.15, 0.2) is 0 Å². The number of aromatic nitrogens is 1. The lowest BCUT2D eigenvalue weighted by Gasteiger charge is -2.25. The molecule has 0 aliphatic rings. The fourth-order valence-electron chi connectivity index (χ4n) is 1.75. The second-order valence-corrected chi connectivity index (χ2v) is 5.75. The smallest absolute Gasteiger partial charge is 0.241 e. The molecule has 0 saturated carbocycles. The number of benzene rings is 1. The fourth-order valence-corrected chi connectivity index (χ4v) is 1.75. The Balaban J connectivity index is 2.20. The maximum atomic E-state index is 12.0. The molecule has 1 heterocycles. The van der Waals surface area contributed by atoms with Gasteiger partial charge in [0.1, 0.15) is 0 Å². The highest BCUT2D eigenvalue weighted by atomic mass is 16.2. The first kappa shape index (κ1) is 13.5. The number of rotatable bonds is 2. The molecular formula is C15H19N3O. The Morgan fingerprint density at radius 2 is 2.00 bits per heavy atom. The summed E-state index contributed by atoms with van der Waals surface area (Å²) in [4.78, 5) is 16.3. The molecular weight excluding hydrogens is 238 g/mol. The summed E-state index contributed by atoms with van der Waals surface area (Å²) in [6.45, 7) is 5.82. The van der Waals surface area contributed by atoms with Crippen LogP contribution in [0.1, 0.15) is 20.8 Å². The number of hydrogen-bond acceptors (Lipinski definition) is 3. The molecule has 1 aromatic heterocycles. The summed E-state index contributed by atoms with van der Waals surface area (Å²) in [6, 6.07) is 9.11. The van der Waals surface area contributed by atoms with E-state index in [0.717, 1.165) is 10.9 Å². The van der Waals surface area contributed by atoms with Crippen LogP contribution >= 0.6 is 0 Å². The van der Waals surface area contributed by atoms with Crippen molar-refractivity contribution in [1.29, 1.82) is 0 Å². The average Bonchev–Trinajstić information content (AvgIpc) is 2.36. The number of amides is 1. The normalized spacial score (nSPS) is 13.3. The Labute approximate surface area is 113 Å². The molecule has 1 atom stereocenters. The zero-order valence-corrected chi connectivity index (χ0v) is 11.5. The zero-order chi connectivity index (χ0) is 14.0. The van der Waals surface area contributed by atoms with Gasteiger partial charge in [-0.2, -0.15) is 0 Å². The third-order valence-corrected chi connectivity index (χ3v) is 3.07. The molecule has 100 valence electrons. The molecule has 0 fully saturated rings. The molecule has 4 heteroatoms. The Morgan fingerprint density at radius 1 is 1.32 bits per heavy atom. The summed E-state index contributed by atoms with van der Waals surface area (Å²) < 4.78 is 0. The van der Waals surface area contributed by atoms with Crippen molar-refractivity contribution in [2.24, 2.45) is 11.1 Å². The van der Waals surface area contributed by atoms with Gasteiger partial charge < -0.3 is 11.1 Å². The molecule has 0 radical (unpaired) electrons. The minimum atomic E-state index is -0.557. The first-order valence-corrected chi connectivity index (χ1v) is 6.29. The number of pyridine rings is 1. The zero-order valence-electron chi connectivity index (χ0n) is 11.5. The van der Waals surface area contributed by atoms with E-state index >= 15 is 0 Å². The molecule has 0 unspecified atom stereocenters. The van der Waals surface area contributed by atoms with Crippen LogP contribution in [0, 0.1) is 5.41 Å². The standard InChI is InChI=1S/C15H19N3O/c1-15(2,3)13(16)14(19)18-11-8-10-6-4-5-7-12(10)17-9-11/h4-9,13H,16H2,1-3H3,(H,18,19)/t13-/m0/s1. The van der Waals surface area contributed by atoms with E-state index in [9.17, 15) is 4.79 Å². The number of nitrogens with zero attached hydrogens (tertiary/aromatic N) is 1. The Bertz CT molecular complexity index is 602. The van der Waals surface area contributed by atoms with Crippen molar-refractivity contribution in [2.75, 3.05) is 5.32 Å². The van der Waals surface area contributed by atoms with Crippen LogP contribution in [0.25, 0.3) is 10.9 Å². The van der Waals surface area contributed by atoms with Gasteiger partial charge in [-0.3, -0.25) is 9.78 Å². The van der Waals surface area contributed by atoms with Crippen molar-refractivity contribution in [2.45, 2.75) is 26.8 Å². The number of nitrogens with two attached hydrogens (primary N) is 1. The number of anilines is 1. The van der Waals surface area contributed by atoms with Gasteiger partial charge in [0.2, 0.25) is 5.91 Å². The van der Waals surface area contributed by atoms with E-state index in [1.807, 2.05) is 51.1 Å². The van der Waals surface area contributed by atoms with E-state index in [4.69, 9.17) is 5.73 Å². The van der Waals surface area contributed by atoms with Gasteiger partial charge in [-0.25, -0.2) is 0 Å². The van der Waals surface area contributed by atoms with E-state index in [1.54, 1.807) is 6.20 Å². The van der Waals surface area contributed by atoms with Crippen LogP contribution in [0.2, 0.25) is 0 Å². The quantitative estimate of drug-likeness (QED) is 0.868. The maximum absolute atomic E-state index is 12.0. The number of fused-ring (bicyclic) bond motifs is 1. The Morgan fingerprint density at radius 3 is 2.68 bits per heavy atom. The lowest BCUT2D eigenvalue weighted by Crippen LogP contribution is -2.45. The SMILES string of the molecule is CC(C)(C)[C@@H](N)C(=O)Nc1cnc2ccccc2c1. The second kappa shape index (κ2) is 4.97. The van der Waals surface area contributed by atoms with Crippen molar-refractivity contribution in [3.05, 3.63) is 36.5 Å². The van der Waals surface area contributed by atoms with Crippen molar-refractivity contribution >= 4 is 22.5 Å². The number of nitrogens with one attached hydrogen (secondary N) is 1. The van der Waals surface area contributed by atoms with E-state index in [2.05, 4.69) is 10.3 Å². The minimum Gasteiger partial charge on any atom is -0.323 e. The van der Waals surface area contributed by atoms with Gasteiger partial charge in [0.25, 0.3) is 0 Å². The van der Waals surface area contributed by atoms with Crippen molar-refractivity contribution in [1.82, 2.24) is 4.98 Å². The van der Waals surface area contributed by atoms with Crippen LogP contribution in [0.15, 0.2) is 36.5 Å². The number of para-hydroxylation sites is 1. The topological polar surface area (TPSA) is 68.0 Å². The summed E-state index contributed by atoms with van der Waals surface area (Å²) in [6.07, 6.45) is 1.65. The molecule has 3 N–H and O–H groups in total.